The van der Waals surface area contributed by atoms with Crippen molar-refractivity contribution in [2.45, 2.75) is 4.90 Å². The third kappa shape index (κ3) is 2.28. The van der Waals surface area contributed by atoms with Crippen LogP contribution in [0.15, 0.2) is 41.8 Å². The van der Waals surface area contributed by atoms with Crippen LogP contribution in [0.5, 0.6) is 0 Å². The van der Waals surface area contributed by atoms with Crippen LogP contribution >= 0.6 is 11.9 Å². The summed E-state index contributed by atoms with van der Waals surface area (Å²) in [5.74, 6) is 0. The molecular weight excluding hydrogens is 230 g/mol. The average Bonchev–Trinajstić information content (AvgIpc) is 2.79. The quantitative estimate of drug-likeness (QED) is 0.492. The molecule has 2 aromatic rings. The number of nitrogens with one attached hydrogen (secondary N) is 1. The minimum absolute atomic E-state index is 0.0557. The van der Waals surface area contributed by atoms with Gasteiger partial charge in [-0.25, -0.2) is 9.82 Å². The first-order valence-corrected chi connectivity index (χ1v) is 5.10. The lowest BCUT2D eigenvalue weighted by Crippen LogP contribution is -2.07. The molecule has 8 heteroatoms. The molecule has 0 aliphatic heterocycles. The van der Waals surface area contributed by atoms with Crippen molar-refractivity contribution in [1.82, 2.24) is 14.9 Å². The van der Waals surface area contributed by atoms with E-state index in [-0.39, 0.29) is 5.69 Å². The van der Waals surface area contributed by atoms with E-state index in [1.165, 1.54) is 23.5 Å². The molecule has 0 aliphatic rings. The summed E-state index contributed by atoms with van der Waals surface area (Å²) in [7, 11) is 0. The van der Waals surface area contributed by atoms with Crippen LogP contribution in [-0.2, 0) is 0 Å². The Morgan fingerprint density at radius 1 is 1.44 bits per heavy atom. The highest BCUT2D eigenvalue weighted by Gasteiger charge is 2.12. The summed E-state index contributed by atoms with van der Waals surface area (Å²) >= 11 is 1.10. The summed E-state index contributed by atoms with van der Waals surface area (Å²) in [6.45, 7) is 0. The number of hydrogen-bond acceptors (Lipinski definition) is 6. The summed E-state index contributed by atoms with van der Waals surface area (Å²) < 4.78 is 0. The molecule has 1 aromatic heterocycles. The molecule has 0 bridgehead atoms. The standard InChI is InChI=1S/C8H7N5O2S/c14-13(15)7-3-1-2-4-8(7)16-11-12-6-9-5-10-12/h1-6,11H. The molecule has 16 heavy (non-hydrogen) atoms. The number of nitrogens with zero attached hydrogens (tertiary/aromatic N) is 4. The van der Waals surface area contributed by atoms with Crippen molar-refractivity contribution in [2.24, 2.45) is 0 Å². The van der Waals surface area contributed by atoms with E-state index in [2.05, 4.69) is 14.9 Å². The fourth-order valence-corrected chi connectivity index (χ4v) is 1.73. The lowest BCUT2D eigenvalue weighted by Gasteiger charge is -2.03. The van der Waals surface area contributed by atoms with Gasteiger partial charge in [-0.1, -0.05) is 12.1 Å². The number of hydrogen-bond donors (Lipinski definition) is 1. The minimum Gasteiger partial charge on any atom is -0.258 e. The first kappa shape index (κ1) is 10.4. The highest BCUT2D eigenvalue weighted by molar-refractivity contribution is 8.00. The second-order valence-corrected chi connectivity index (χ2v) is 3.58. The fraction of sp³-hybridized carbons (Fsp3) is 0. The first-order chi connectivity index (χ1) is 7.77. The van der Waals surface area contributed by atoms with Crippen LogP contribution in [0.2, 0.25) is 0 Å². The smallest absolute Gasteiger partial charge is 0.258 e. The molecule has 1 heterocycles. The molecule has 1 aromatic carbocycles. The van der Waals surface area contributed by atoms with E-state index in [0.29, 0.717) is 4.90 Å². The van der Waals surface area contributed by atoms with Crippen LogP contribution in [-0.4, -0.2) is 19.8 Å². The zero-order valence-electron chi connectivity index (χ0n) is 7.98. The Morgan fingerprint density at radius 2 is 2.25 bits per heavy atom. The van der Waals surface area contributed by atoms with Crippen LogP contribution in [0.3, 0.4) is 0 Å². The summed E-state index contributed by atoms with van der Waals surface area (Å²) in [5, 5.41) is 14.5. The molecule has 0 spiro atoms. The van der Waals surface area contributed by atoms with E-state index in [1.807, 2.05) is 0 Å². The van der Waals surface area contributed by atoms with Gasteiger partial charge in [-0.2, -0.15) is 4.79 Å². The third-order valence-electron chi connectivity index (χ3n) is 1.73. The maximum atomic E-state index is 10.7. The highest BCUT2D eigenvalue weighted by Crippen LogP contribution is 2.26. The Labute approximate surface area is 94.7 Å². The Hall–Kier alpha value is -2.09. The van der Waals surface area contributed by atoms with Gasteiger partial charge in [0.15, 0.2) is 0 Å². The normalized spacial score (nSPS) is 10.0. The van der Waals surface area contributed by atoms with Crippen LogP contribution in [0.4, 0.5) is 5.69 Å². The molecule has 82 valence electrons. The SMILES string of the molecule is O=[N+]([O-])c1ccccc1SNn1cncn1. The topological polar surface area (TPSA) is 85.9 Å². The van der Waals surface area contributed by atoms with Crippen molar-refractivity contribution in [2.75, 3.05) is 4.83 Å². The monoisotopic (exact) mass is 237 g/mol. The number of nitro benzene ring substituents is 1. The van der Waals surface area contributed by atoms with Gasteiger partial charge < -0.3 is 0 Å². The molecule has 0 unspecified atom stereocenters. The third-order valence-corrected chi connectivity index (χ3v) is 2.57. The molecular formula is C8H7N5O2S. The van der Waals surface area contributed by atoms with E-state index in [9.17, 15) is 10.1 Å². The van der Waals surface area contributed by atoms with Gasteiger partial charge in [-0.05, 0) is 6.07 Å². The maximum Gasteiger partial charge on any atom is 0.284 e. The Kier molecular flexibility index (Phi) is 3.01. The highest BCUT2D eigenvalue weighted by atomic mass is 32.2. The molecule has 0 saturated heterocycles. The molecule has 0 fully saturated rings. The van der Waals surface area contributed by atoms with Crippen LogP contribution < -0.4 is 4.83 Å². The van der Waals surface area contributed by atoms with Gasteiger partial charge in [0.2, 0.25) is 0 Å². The van der Waals surface area contributed by atoms with Crippen molar-refractivity contribution in [3.63, 3.8) is 0 Å². The molecule has 0 aliphatic carbocycles. The lowest BCUT2D eigenvalue weighted by atomic mass is 10.3. The zero-order valence-corrected chi connectivity index (χ0v) is 8.79. The minimum atomic E-state index is -0.425. The summed E-state index contributed by atoms with van der Waals surface area (Å²) in [6.07, 6.45) is 2.83. The molecule has 1 N–H and O–H groups in total. The summed E-state index contributed by atoms with van der Waals surface area (Å²) in [4.78, 5) is 18.7. The number of benzene rings is 1. The molecule has 0 atom stereocenters. The molecule has 0 saturated carbocycles. The lowest BCUT2D eigenvalue weighted by molar-refractivity contribution is -0.387. The van der Waals surface area contributed by atoms with Gasteiger partial charge in [0.25, 0.3) is 5.69 Å². The van der Waals surface area contributed by atoms with Gasteiger partial charge in [0, 0.05) is 18.0 Å². The zero-order chi connectivity index (χ0) is 11.4. The Morgan fingerprint density at radius 3 is 2.94 bits per heavy atom. The van der Waals surface area contributed by atoms with E-state index >= 15 is 0 Å². The van der Waals surface area contributed by atoms with E-state index in [4.69, 9.17) is 0 Å². The van der Waals surface area contributed by atoms with Gasteiger partial charge in [-0.3, -0.25) is 10.1 Å². The summed E-state index contributed by atoms with van der Waals surface area (Å²) in [5.41, 5.74) is 0.0557. The predicted octanol–water partition coefficient (Wildman–Crippen LogP) is 1.44. The number of para-hydroxylation sites is 1. The van der Waals surface area contributed by atoms with Crippen LogP contribution in [0, 0.1) is 10.1 Å². The second kappa shape index (κ2) is 4.62. The van der Waals surface area contributed by atoms with E-state index in [0.717, 1.165) is 11.9 Å². The van der Waals surface area contributed by atoms with Crippen molar-refractivity contribution < 1.29 is 4.92 Å². The maximum absolute atomic E-state index is 10.7. The number of rotatable bonds is 4. The van der Waals surface area contributed by atoms with Gasteiger partial charge in [0.05, 0.1) is 4.92 Å². The van der Waals surface area contributed by atoms with Gasteiger partial charge >= 0.3 is 0 Å². The fourth-order valence-electron chi connectivity index (χ4n) is 1.05. The molecule has 7 nitrogen and oxygen atoms in total. The summed E-state index contributed by atoms with van der Waals surface area (Å²) in [6, 6.07) is 6.47. The van der Waals surface area contributed by atoms with E-state index in [1.54, 1.807) is 18.2 Å². The van der Waals surface area contributed by atoms with Crippen molar-refractivity contribution in [3.05, 3.63) is 47.0 Å². The van der Waals surface area contributed by atoms with Crippen LogP contribution in [0.25, 0.3) is 0 Å². The average molecular weight is 237 g/mol. The van der Waals surface area contributed by atoms with Gasteiger partial charge in [-0.15, -0.1) is 5.10 Å². The molecule has 2 rings (SSSR count). The second-order valence-electron chi connectivity index (χ2n) is 2.76. The largest absolute Gasteiger partial charge is 0.284 e. The van der Waals surface area contributed by atoms with Crippen molar-refractivity contribution >= 4 is 17.6 Å². The Balaban J connectivity index is 2.12. The van der Waals surface area contributed by atoms with Crippen LogP contribution in [0.1, 0.15) is 0 Å². The number of aromatic nitrogens is 3. The molecule has 0 amide bonds. The van der Waals surface area contributed by atoms with Crippen molar-refractivity contribution in [3.8, 4) is 0 Å². The van der Waals surface area contributed by atoms with E-state index < -0.39 is 4.92 Å². The Bertz CT molecular complexity index is 487. The van der Waals surface area contributed by atoms with Crippen molar-refractivity contribution in [1.29, 1.82) is 0 Å². The number of nitro groups is 1. The predicted molar refractivity (Wildman–Crippen MR) is 58.3 cm³/mol. The molecule has 0 radical (unpaired) electrons. The van der Waals surface area contributed by atoms with Gasteiger partial charge in [0.1, 0.15) is 17.6 Å². The first-order valence-electron chi connectivity index (χ1n) is 4.28.